The summed E-state index contributed by atoms with van der Waals surface area (Å²) in [5.41, 5.74) is 0.795. The Hall–Kier alpha value is -1.52. The SMILES string of the molecule is OC(Cc1cc(F)ccc1Cl)c1cncc(F)c1. The molecule has 1 aromatic carbocycles. The van der Waals surface area contributed by atoms with Crippen LogP contribution in [0.25, 0.3) is 0 Å². The van der Waals surface area contributed by atoms with Crippen LogP contribution in [-0.4, -0.2) is 10.1 Å². The van der Waals surface area contributed by atoms with Crippen LogP contribution < -0.4 is 0 Å². The van der Waals surface area contributed by atoms with Crippen LogP contribution in [0.4, 0.5) is 8.78 Å². The average molecular weight is 270 g/mol. The fraction of sp³-hybridized carbons (Fsp3) is 0.154. The number of nitrogens with zero attached hydrogens (tertiary/aromatic N) is 1. The van der Waals surface area contributed by atoms with E-state index in [-0.39, 0.29) is 6.42 Å². The lowest BCUT2D eigenvalue weighted by Gasteiger charge is -2.12. The molecule has 0 saturated heterocycles. The standard InChI is InChI=1S/C13H10ClF2NO/c14-12-2-1-10(15)3-8(12)5-13(18)9-4-11(16)7-17-6-9/h1-4,6-7,13,18H,5H2. The second kappa shape index (κ2) is 5.42. The molecule has 1 aromatic heterocycles. The maximum Gasteiger partial charge on any atom is 0.141 e. The lowest BCUT2D eigenvalue weighted by Crippen LogP contribution is -2.03. The molecule has 1 heterocycles. The van der Waals surface area contributed by atoms with E-state index in [0.29, 0.717) is 16.1 Å². The number of halogens is 3. The van der Waals surface area contributed by atoms with E-state index in [9.17, 15) is 13.9 Å². The number of aliphatic hydroxyl groups excluding tert-OH is 1. The average Bonchev–Trinajstić information content (AvgIpc) is 2.34. The maximum absolute atomic E-state index is 13.1. The molecule has 0 aliphatic carbocycles. The third-order valence-electron chi connectivity index (χ3n) is 2.53. The zero-order chi connectivity index (χ0) is 13.1. The van der Waals surface area contributed by atoms with Crippen molar-refractivity contribution >= 4 is 11.6 Å². The Labute approximate surface area is 108 Å². The molecule has 0 aliphatic rings. The zero-order valence-corrected chi connectivity index (χ0v) is 10.0. The first kappa shape index (κ1) is 12.9. The molecule has 2 aromatic rings. The van der Waals surface area contributed by atoms with E-state index in [1.807, 2.05) is 0 Å². The predicted octanol–water partition coefficient (Wildman–Crippen LogP) is 3.29. The van der Waals surface area contributed by atoms with Crippen LogP contribution in [0.3, 0.4) is 0 Å². The summed E-state index contributed by atoms with van der Waals surface area (Å²) < 4.78 is 26.0. The summed E-state index contributed by atoms with van der Waals surface area (Å²) in [6, 6.07) is 5.09. The van der Waals surface area contributed by atoms with E-state index in [1.165, 1.54) is 30.5 Å². The molecule has 0 spiro atoms. The summed E-state index contributed by atoms with van der Waals surface area (Å²) in [6.45, 7) is 0. The van der Waals surface area contributed by atoms with E-state index >= 15 is 0 Å². The van der Waals surface area contributed by atoms with Gasteiger partial charge in [0.15, 0.2) is 0 Å². The number of pyridine rings is 1. The summed E-state index contributed by atoms with van der Waals surface area (Å²) in [5.74, 6) is -0.962. The highest BCUT2D eigenvalue weighted by molar-refractivity contribution is 6.31. The minimum absolute atomic E-state index is 0.0989. The molecule has 0 fully saturated rings. The Morgan fingerprint density at radius 1 is 1.17 bits per heavy atom. The summed E-state index contributed by atoms with van der Waals surface area (Å²) in [4.78, 5) is 3.64. The third kappa shape index (κ3) is 3.03. The van der Waals surface area contributed by atoms with Gasteiger partial charge in [0.25, 0.3) is 0 Å². The molecule has 5 heteroatoms. The van der Waals surface area contributed by atoms with Crippen molar-refractivity contribution in [1.82, 2.24) is 4.98 Å². The van der Waals surface area contributed by atoms with E-state index < -0.39 is 17.7 Å². The first-order chi connectivity index (χ1) is 8.56. The van der Waals surface area contributed by atoms with Crippen LogP contribution in [0.2, 0.25) is 5.02 Å². The van der Waals surface area contributed by atoms with Crippen molar-refractivity contribution in [1.29, 1.82) is 0 Å². The van der Waals surface area contributed by atoms with Gasteiger partial charge in [-0.3, -0.25) is 4.98 Å². The van der Waals surface area contributed by atoms with Gasteiger partial charge in [0, 0.05) is 23.2 Å². The van der Waals surface area contributed by atoms with Gasteiger partial charge >= 0.3 is 0 Å². The van der Waals surface area contributed by atoms with Crippen molar-refractivity contribution in [3.05, 3.63) is 64.4 Å². The smallest absolute Gasteiger partial charge is 0.141 e. The van der Waals surface area contributed by atoms with Crippen molar-refractivity contribution in [2.45, 2.75) is 12.5 Å². The van der Waals surface area contributed by atoms with Gasteiger partial charge < -0.3 is 5.11 Å². The van der Waals surface area contributed by atoms with Crippen LogP contribution in [0.1, 0.15) is 17.2 Å². The van der Waals surface area contributed by atoms with Gasteiger partial charge in [-0.05, 0) is 29.8 Å². The molecule has 1 unspecified atom stereocenters. The van der Waals surface area contributed by atoms with Gasteiger partial charge in [-0.15, -0.1) is 0 Å². The molecular weight excluding hydrogens is 260 g/mol. The third-order valence-corrected chi connectivity index (χ3v) is 2.90. The molecule has 2 nitrogen and oxygen atoms in total. The number of hydrogen-bond acceptors (Lipinski definition) is 2. The van der Waals surface area contributed by atoms with Gasteiger partial charge in [0.2, 0.25) is 0 Å². The van der Waals surface area contributed by atoms with Crippen LogP contribution >= 0.6 is 11.6 Å². The number of aromatic nitrogens is 1. The topological polar surface area (TPSA) is 33.1 Å². The molecule has 94 valence electrons. The molecule has 0 saturated carbocycles. The van der Waals surface area contributed by atoms with Crippen molar-refractivity contribution in [3.63, 3.8) is 0 Å². The fourth-order valence-electron chi connectivity index (χ4n) is 1.64. The normalized spacial score (nSPS) is 12.4. The summed E-state index contributed by atoms with van der Waals surface area (Å²) >= 11 is 5.89. The van der Waals surface area contributed by atoms with Crippen LogP contribution in [-0.2, 0) is 6.42 Å². The molecule has 1 atom stereocenters. The molecule has 0 radical (unpaired) electrons. The first-order valence-corrected chi connectivity index (χ1v) is 5.66. The van der Waals surface area contributed by atoms with Gasteiger partial charge in [0.05, 0.1) is 12.3 Å². The van der Waals surface area contributed by atoms with Gasteiger partial charge in [-0.25, -0.2) is 8.78 Å². The Morgan fingerprint density at radius 3 is 2.67 bits per heavy atom. The monoisotopic (exact) mass is 269 g/mol. The molecule has 18 heavy (non-hydrogen) atoms. The highest BCUT2D eigenvalue weighted by atomic mass is 35.5. The van der Waals surface area contributed by atoms with Crippen molar-refractivity contribution < 1.29 is 13.9 Å². The zero-order valence-electron chi connectivity index (χ0n) is 9.28. The predicted molar refractivity (Wildman–Crippen MR) is 64.3 cm³/mol. The van der Waals surface area contributed by atoms with E-state index in [0.717, 1.165) is 6.20 Å². The van der Waals surface area contributed by atoms with Gasteiger partial charge in [-0.1, -0.05) is 11.6 Å². The minimum Gasteiger partial charge on any atom is -0.388 e. The minimum atomic E-state index is -0.979. The quantitative estimate of drug-likeness (QED) is 0.927. The number of hydrogen-bond donors (Lipinski definition) is 1. The fourth-order valence-corrected chi connectivity index (χ4v) is 1.83. The van der Waals surface area contributed by atoms with Crippen LogP contribution in [0.5, 0.6) is 0 Å². The maximum atomic E-state index is 13.1. The Kier molecular flexibility index (Phi) is 3.89. The lowest BCUT2D eigenvalue weighted by atomic mass is 10.0. The first-order valence-electron chi connectivity index (χ1n) is 5.28. The van der Waals surface area contributed by atoms with Crippen LogP contribution in [0.15, 0.2) is 36.7 Å². The van der Waals surface area contributed by atoms with Crippen molar-refractivity contribution in [2.75, 3.05) is 0 Å². The number of aliphatic hydroxyl groups is 1. The second-order valence-corrected chi connectivity index (χ2v) is 4.30. The van der Waals surface area contributed by atoms with E-state index in [2.05, 4.69) is 4.98 Å². The summed E-state index contributed by atoms with van der Waals surface area (Å²) in [7, 11) is 0. The largest absolute Gasteiger partial charge is 0.388 e. The van der Waals surface area contributed by atoms with Gasteiger partial charge in [0.1, 0.15) is 11.6 Å². The molecule has 0 aliphatic heterocycles. The number of benzene rings is 1. The lowest BCUT2D eigenvalue weighted by molar-refractivity contribution is 0.177. The summed E-state index contributed by atoms with van der Waals surface area (Å²) in [5, 5.41) is 10.3. The van der Waals surface area contributed by atoms with Crippen LogP contribution in [0, 0.1) is 11.6 Å². The van der Waals surface area contributed by atoms with E-state index in [1.54, 1.807) is 0 Å². The van der Waals surface area contributed by atoms with Crippen molar-refractivity contribution in [2.24, 2.45) is 0 Å². The Morgan fingerprint density at radius 2 is 1.94 bits per heavy atom. The second-order valence-electron chi connectivity index (χ2n) is 3.89. The Bertz CT molecular complexity index is 562. The molecule has 2 rings (SSSR count). The van der Waals surface area contributed by atoms with E-state index in [4.69, 9.17) is 11.6 Å². The summed E-state index contributed by atoms with van der Waals surface area (Å²) in [6.07, 6.45) is 1.53. The number of rotatable bonds is 3. The molecular formula is C13H10ClF2NO. The highest BCUT2D eigenvalue weighted by Gasteiger charge is 2.12. The molecule has 1 N–H and O–H groups in total. The molecule has 0 amide bonds. The Balaban J connectivity index is 2.21. The van der Waals surface area contributed by atoms with Gasteiger partial charge in [-0.2, -0.15) is 0 Å². The van der Waals surface area contributed by atoms with Crippen molar-refractivity contribution in [3.8, 4) is 0 Å². The highest BCUT2D eigenvalue weighted by Crippen LogP contribution is 2.24. The molecule has 0 bridgehead atoms.